The van der Waals surface area contributed by atoms with E-state index in [2.05, 4.69) is 14.7 Å². The fourth-order valence-electron chi connectivity index (χ4n) is 1.08. The summed E-state index contributed by atoms with van der Waals surface area (Å²) >= 11 is 0. The van der Waals surface area contributed by atoms with Crippen molar-refractivity contribution in [1.82, 2.24) is 10.1 Å². The Morgan fingerprint density at radius 1 is 1.43 bits per heavy atom. The summed E-state index contributed by atoms with van der Waals surface area (Å²) in [6.07, 6.45) is 0. The summed E-state index contributed by atoms with van der Waals surface area (Å²) in [6.45, 7) is 1.68. The van der Waals surface area contributed by atoms with Gasteiger partial charge in [0.05, 0.1) is 0 Å². The molecule has 0 fully saturated rings. The largest absolute Gasteiger partial charge is 0.351 e. The van der Waals surface area contributed by atoms with Crippen molar-refractivity contribution in [2.24, 2.45) is 0 Å². The quantitative estimate of drug-likeness (QED) is 0.749. The average molecular weight is 193 g/mol. The molecule has 0 atom stereocenters. The van der Waals surface area contributed by atoms with Gasteiger partial charge in [-0.15, -0.1) is 0 Å². The molecule has 0 unspecified atom stereocenters. The van der Waals surface area contributed by atoms with E-state index in [9.17, 15) is 4.39 Å². The third-order valence-electron chi connectivity index (χ3n) is 1.87. The van der Waals surface area contributed by atoms with Crippen LogP contribution >= 0.6 is 0 Å². The van der Waals surface area contributed by atoms with Crippen molar-refractivity contribution in [3.05, 3.63) is 29.6 Å². The van der Waals surface area contributed by atoms with E-state index >= 15 is 0 Å². The van der Waals surface area contributed by atoms with Gasteiger partial charge in [0.2, 0.25) is 5.82 Å². The number of aryl methyl sites for hydroxylation is 1. The predicted molar refractivity (Wildman–Crippen MR) is 48.8 cm³/mol. The second-order valence-corrected chi connectivity index (χ2v) is 2.92. The molecule has 72 valence electrons. The van der Waals surface area contributed by atoms with Crippen LogP contribution in [0.5, 0.6) is 0 Å². The zero-order chi connectivity index (χ0) is 10.1. The Kier molecular flexibility index (Phi) is 1.92. The first-order valence-corrected chi connectivity index (χ1v) is 4.02. The molecule has 4 nitrogen and oxygen atoms in total. The topological polar surface area (TPSA) is 64.9 Å². The molecule has 1 aromatic carbocycles. The molecule has 0 aliphatic carbocycles. The monoisotopic (exact) mass is 193 g/mol. The van der Waals surface area contributed by atoms with Crippen molar-refractivity contribution in [3.8, 4) is 11.4 Å². The molecule has 1 heterocycles. The summed E-state index contributed by atoms with van der Waals surface area (Å²) in [5.74, 6) is -0.00716. The van der Waals surface area contributed by atoms with E-state index in [4.69, 9.17) is 5.73 Å². The number of nitrogen functional groups attached to an aromatic ring is 1. The first-order valence-electron chi connectivity index (χ1n) is 4.02. The molecule has 0 saturated heterocycles. The molecule has 0 radical (unpaired) electrons. The lowest BCUT2D eigenvalue weighted by Crippen LogP contribution is -1.87. The number of aromatic nitrogens is 2. The van der Waals surface area contributed by atoms with Crippen LogP contribution in [-0.2, 0) is 0 Å². The van der Waals surface area contributed by atoms with Gasteiger partial charge in [-0.05, 0) is 18.6 Å². The molecule has 2 N–H and O–H groups in total. The van der Waals surface area contributed by atoms with E-state index in [1.807, 2.05) is 0 Å². The van der Waals surface area contributed by atoms with Gasteiger partial charge in [0.25, 0.3) is 0 Å². The minimum absolute atomic E-state index is 0.0269. The standard InChI is InChI=1S/C9H8FN3O/c1-5-2-3-6(4-7(5)10)8-12-9(11)14-13-8/h2-4H,1H3,(H2,11,12,13). The zero-order valence-corrected chi connectivity index (χ0v) is 7.49. The molecule has 0 amide bonds. The summed E-state index contributed by atoms with van der Waals surface area (Å²) in [4.78, 5) is 3.79. The van der Waals surface area contributed by atoms with Gasteiger partial charge in [0, 0.05) is 5.56 Å². The summed E-state index contributed by atoms with van der Waals surface area (Å²) in [5.41, 5.74) is 6.37. The van der Waals surface area contributed by atoms with E-state index in [1.165, 1.54) is 6.07 Å². The van der Waals surface area contributed by atoms with Crippen LogP contribution in [0.4, 0.5) is 10.4 Å². The maximum absolute atomic E-state index is 13.2. The molecule has 1 aromatic heterocycles. The second kappa shape index (κ2) is 3.10. The predicted octanol–water partition coefficient (Wildman–Crippen LogP) is 1.77. The number of anilines is 1. The van der Waals surface area contributed by atoms with E-state index in [1.54, 1.807) is 19.1 Å². The van der Waals surface area contributed by atoms with Crippen molar-refractivity contribution in [2.45, 2.75) is 6.92 Å². The Morgan fingerprint density at radius 3 is 2.79 bits per heavy atom. The average Bonchev–Trinajstić information content (AvgIpc) is 2.57. The third-order valence-corrected chi connectivity index (χ3v) is 1.87. The van der Waals surface area contributed by atoms with Crippen molar-refractivity contribution >= 4 is 6.01 Å². The number of hydrogen-bond donors (Lipinski definition) is 1. The van der Waals surface area contributed by atoms with Gasteiger partial charge in [-0.25, -0.2) is 4.39 Å². The Labute approximate surface area is 79.5 Å². The molecule has 0 aliphatic rings. The number of rotatable bonds is 1. The van der Waals surface area contributed by atoms with Gasteiger partial charge >= 0.3 is 6.01 Å². The number of benzene rings is 1. The van der Waals surface area contributed by atoms with Crippen LogP contribution in [0.1, 0.15) is 5.56 Å². The van der Waals surface area contributed by atoms with Crippen molar-refractivity contribution in [1.29, 1.82) is 0 Å². The first kappa shape index (κ1) is 8.68. The highest BCUT2D eigenvalue weighted by Crippen LogP contribution is 2.19. The van der Waals surface area contributed by atoms with Gasteiger partial charge in [-0.2, -0.15) is 4.98 Å². The third kappa shape index (κ3) is 1.44. The Hall–Kier alpha value is -1.91. The summed E-state index contributed by atoms with van der Waals surface area (Å²) in [7, 11) is 0. The van der Waals surface area contributed by atoms with Gasteiger partial charge in [0.1, 0.15) is 5.82 Å². The fourth-order valence-corrected chi connectivity index (χ4v) is 1.08. The summed E-state index contributed by atoms with van der Waals surface area (Å²) in [6, 6.07) is 4.68. The number of hydrogen-bond acceptors (Lipinski definition) is 4. The lowest BCUT2D eigenvalue weighted by molar-refractivity contribution is 0.437. The zero-order valence-electron chi connectivity index (χ0n) is 7.49. The van der Waals surface area contributed by atoms with Crippen molar-refractivity contribution in [3.63, 3.8) is 0 Å². The van der Waals surface area contributed by atoms with E-state index in [-0.39, 0.29) is 11.8 Å². The molecular weight excluding hydrogens is 185 g/mol. The maximum atomic E-state index is 13.2. The van der Waals surface area contributed by atoms with Crippen molar-refractivity contribution < 1.29 is 8.91 Å². The van der Waals surface area contributed by atoms with Crippen LogP contribution in [0.3, 0.4) is 0 Å². The van der Waals surface area contributed by atoms with E-state index in [0.717, 1.165) is 0 Å². The highest BCUT2D eigenvalue weighted by molar-refractivity contribution is 5.55. The van der Waals surface area contributed by atoms with Crippen LogP contribution in [0.15, 0.2) is 22.7 Å². The number of nitrogens with two attached hydrogens (primary N) is 1. The van der Waals surface area contributed by atoms with Gasteiger partial charge < -0.3 is 10.3 Å². The number of nitrogens with zero attached hydrogens (tertiary/aromatic N) is 2. The molecule has 0 spiro atoms. The molecule has 0 bridgehead atoms. The van der Waals surface area contributed by atoms with Crippen LogP contribution in [0, 0.1) is 12.7 Å². The lowest BCUT2D eigenvalue weighted by atomic mass is 10.1. The Morgan fingerprint density at radius 2 is 2.21 bits per heavy atom. The molecular formula is C9H8FN3O. The minimum atomic E-state index is -0.300. The Bertz CT molecular complexity index is 467. The van der Waals surface area contributed by atoms with Crippen LogP contribution in [0.2, 0.25) is 0 Å². The van der Waals surface area contributed by atoms with Gasteiger partial charge in [-0.3, -0.25) is 0 Å². The highest BCUT2D eigenvalue weighted by Gasteiger charge is 2.07. The molecule has 0 aliphatic heterocycles. The van der Waals surface area contributed by atoms with Gasteiger partial charge in [0.15, 0.2) is 0 Å². The van der Waals surface area contributed by atoms with Crippen LogP contribution in [0.25, 0.3) is 11.4 Å². The smallest absolute Gasteiger partial charge is 0.319 e. The van der Waals surface area contributed by atoms with Gasteiger partial charge in [-0.1, -0.05) is 17.3 Å². The van der Waals surface area contributed by atoms with Crippen LogP contribution in [-0.4, -0.2) is 10.1 Å². The maximum Gasteiger partial charge on any atom is 0.319 e. The van der Waals surface area contributed by atoms with E-state index in [0.29, 0.717) is 17.0 Å². The lowest BCUT2D eigenvalue weighted by Gasteiger charge is -1.97. The fraction of sp³-hybridized carbons (Fsp3) is 0.111. The molecule has 0 saturated carbocycles. The minimum Gasteiger partial charge on any atom is -0.351 e. The Balaban J connectivity index is 2.47. The first-order chi connectivity index (χ1) is 6.66. The number of halogens is 1. The van der Waals surface area contributed by atoms with E-state index < -0.39 is 0 Å². The van der Waals surface area contributed by atoms with Crippen LogP contribution < -0.4 is 5.73 Å². The molecule has 14 heavy (non-hydrogen) atoms. The second-order valence-electron chi connectivity index (χ2n) is 2.92. The molecule has 2 rings (SSSR count). The molecule has 2 aromatic rings. The SMILES string of the molecule is Cc1ccc(-c2noc(N)n2)cc1F. The summed E-state index contributed by atoms with van der Waals surface area (Å²) in [5, 5.41) is 3.58. The van der Waals surface area contributed by atoms with Crippen molar-refractivity contribution in [2.75, 3.05) is 5.73 Å². The summed E-state index contributed by atoms with van der Waals surface area (Å²) < 4.78 is 17.7. The molecule has 5 heteroatoms. The highest BCUT2D eigenvalue weighted by atomic mass is 19.1. The normalized spacial score (nSPS) is 10.4.